The molecule has 2 amide bonds. The predicted octanol–water partition coefficient (Wildman–Crippen LogP) is 2.17. The van der Waals surface area contributed by atoms with Gasteiger partial charge in [-0.3, -0.25) is 9.59 Å². The van der Waals surface area contributed by atoms with Crippen LogP contribution >= 0.6 is 0 Å². The van der Waals surface area contributed by atoms with Crippen molar-refractivity contribution < 1.29 is 19.4 Å². The van der Waals surface area contributed by atoms with Gasteiger partial charge in [0.25, 0.3) is 0 Å². The van der Waals surface area contributed by atoms with Crippen LogP contribution in [0.4, 0.5) is 0 Å². The van der Waals surface area contributed by atoms with Crippen LogP contribution in [0.25, 0.3) is 0 Å². The fourth-order valence-corrected chi connectivity index (χ4v) is 3.06. The first kappa shape index (κ1) is 21.1. The molecule has 6 nitrogen and oxygen atoms in total. The van der Waals surface area contributed by atoms with Gasteiger partial charge in [0.2, 0.25) is 0 Å². The molecule has 0 radical (unpaired) electrons. The molecule has 1 aliphatic carbocycles. The lowest BCUT2D eigenvalue weighted by Crippen LogP contribution is -2.42. The van der Waals surface area contributed by atoms with Crippen LogP contribution in [0.1, 0.15) is 49.3 Å². The number of benzene rings is 1. The van der Waals surface area contributed by atoms with Crippen LogP contribution in [0.3, 0.4) is 0 Å². The van der Waals surface area contributed by atoms with E-state index in [0.717, 1.165) is 30.4 Å². The number of amides is 2. The van der Waals surface area contributed by atoms with Gasteiger partial charge in [0.15, 0.2) is 0 Å². The molecule has 0 saturated carbocycles. The minimum atomic E-state index is -0.669. The minimum absolute atomic E-state index is 0.105. The van der Waals surface area contributed by atoms with Crippen LogP contribution in [0.15, 0.2) is 35.9 Å². The van der Waals surface area contributed by atoms with Crippen LogP contribution in [0, 0.1) is 6.92 Å². The summed E-state index contributed by atoms with van der Waals surface area (Å²) in [6.07, 6.45) is 7.25. The van der Waals surface area contributed by atoms with E-state index < -0.39 is 17.9 Å². The van der Waals surface area contributed by atoms with E-state index in [4.69, 9.17) is 9.84 Å². The summed E-state index contributed by atoms with van der Waals surface area (Å²) in [5.41, 5.74) is 3.37. The first-order chi connectivity index (χ1) is 13.1. The summed E-state index contributed by atoms with van der Waals surface area (Å²) in [5, 5.41) is 14.3. The molecule has 0 fully saturated rings. The maximum absolute atomic E-state index is 12.0. The lowest BCUT2D eigenvalue weighted by atomic mass is 9.97. The quantitative estimate of drug-likeness (QED) is 0.457. The van der Waals surface area contributed by atoms with Crippen molar-refractivity contribution >= 4 is 11.8 Å². The molecule has 0 spiro atoms. The minimum Gasteiger partial charge on any atom is -0.394 e. The van der Waals surface area contributed by atoms with Crippen molar-refractivity contribution in [2.75, 3.05) is 26.3 Å². The Balaban J connectivity index is 1.78. The van der Waals surface area contributed by atoms with E-state index in [-0.39, 0.29) is 19.8 Å². The molecular weight excluding hydrogens is 344 g/mol. The molecule has 2 rings (SSSR count). The maximum Gasteiger partial charge on any atom is 0.309 e. The van der Waals surface area contributed by atoms with Crippen molar-refractivity contribution in [3.63, 3.8) is 0 Å². The van der Waals surface area contributed by atoms with Gasteiger partial charge in [0.05, 0.1) is 19.3 Å². The number of hydrogen-bond donors (Lipinski definition) is 3. The van der Waals surface area contributed by atoms with Gasteiger partial charge in [-0.05, 0) is 44.6 Å². The third kappa shape index (κ3) is 7.53. The highest BCUT2D eigenvalue weighted by Crippen LogP contribution is 2.19. The molecule has 6 heteroatoms. The summed E-state index contributed by atoms with van der Waals surface area (Å²) in [5.74, 6) is -1.30. The molecule has 1 aliphatic rings. The third-order valence-electron chi connectivity index (χ3n) is 4.63. The standard InChI is InChI=1S/C21H30N2O4/c1-16-7-9-18(10-8-16)19(27-14-13-24)15-23-21(26)20(25)22-12-11-17-5-3-2-4-6-17/h5,7-10,19,24H,2-4,6,11-15H2,1H3,(H,22,25)(H,23,26)/t19-/m0/s1. The lowest BCUT2D eigenvalue weighted by Gasteiger charge is -2.19. The summed E-state index contributed by atoms with van der Waals surface area (Å²) < 4.78 is 5.60. The Bertz CT molecular complexity index is 640. The Kier molecular flexibility index (Phi) is 9.01. The first-order valence-electron chi connectivity index (χ1n) is 9.63. The number of nitrogens with one attached hydrogen (secondary N) is 2. The molecule has 3 N–H and O–H groups in total. The number of aliphatic hydroxyl groups excluding tert-OH is 1. The summed E-state index contributed by atoms with van der Waals surface area (Å²) in [6.45, 7) is 2.69. The van der Waals surface area contributed by atoms with Crippen LogP contribution in [0.5, 0.6) is 0 Å². The number of aliphatic hydroxyl groups is 1. The molecule has 27 heavy (non-hydrogen) atoms. The van der Waals surface area contributed by atoms with E-state index >= 15 is 0 Å². The highest BCUT2D eigenvalue weighted by atomic mass is 16.5. The van der Waals surface area contributed by atoms with E-state index in [1.165, 1.54) is 18.4 Å². The number of hydrogen-bond acceptors (Lipinski definition) is 4. The number of allylic oxidation sites excluding steroid dienone is 1. The molecule has 1 atom stereocenters. The predicted molar refractivity (Wildman–Crippen MR) is 104 cm³/mol. The first-order valence-corrected chi connectivity index (χ1v) is 9.63. The Hall–Kier alpha value is -2.18. The molecule has 0 saturated heterocycles. The number of ether oxygens (including phenoxy) is 1. The summed E-state index contributed by atoms with van der Waals surface area (Å²) in [4.78, 5) is 24.0. The van der Waals surface area contributed by atoms with Gasteiger partial charge in [-0.1, -0.05) is 41.5 Å². The second-order valence-electron chi connectivity index (χ2n) is 6.82. The van der Waals surface area contributed by atoms with Gasteiger partial charge in [-0.15, -0.1) is 0 Å². The Morgan fingerprint density at radius 3 is 2.56 bits per heavy atom. The van der Waals surface area contributed by atoms with Crippen molar-refractivity contribution in [2.24, 2.45) is 0 Å². The second-order valence-corrected chi connectivity index (χ2v) is 6.82. The zero-order valence-electron chi connectivity index (χ0n) is 16.0. The molecule has 0 aliphatic heterocycles. The molecular formula is C21H30N2O4. The number of aryl methyl sites for hydroxylation is 1. The van der Waals surface area contributed by atoms with Crippen LogP contribution in [-0.4, -0.2) is 43.2 Å². The second kappa shape index (κ2) is 11.5. The van der Waals surface area contributed by atoms with E-state index in [1.54, 1.807) is 0 Å². The average molecular weight is 374 g/mol. The molecule has 0 aromatic heterocycles. The largest absolute Gasteiger partial charge is 0.394 e. The molecule has 1 aromatic carbocycles. The van der Waals surface area contributed by atoms with Gasteiger partial charge < -0.3 is 20.5 Å². The van der Waals surface area contributed by atoms with Gasteiger partial charge >= 0.3 is 11.8 Å². The molecule has 0 unspecified atom stereocenters. The molecule has 148 valence electrons. The van der Waals surface area contributed by atoms with Gasteiger partial charge in [-0.25, -0.2) is 0 Å². The van der Waals surface area contributed by atoms with E-state index in [1.807, 2.05) is 31.2 Å². The summed E-state index contributed by atoms with van der Waals surface area (Å²) in [7, 11) is 0. The maximum atomic E-state index is 12.0. The van der Waals surface area contributed by atoms with Crippen molar-refractivity contribution in [3.05, 3.63) is 47.0 Å². The van der Waals surface area contributed by atoms with E-state index in [2.05, 4.69) is 16.7 Å². The number of carbonyl (C=O) groups excluding carboxylic acids is 2. The van der Waals surface area contributed by atoms with Crippen molar-refractivity contribution in [1.82, 2.24) is 10.6 Å². The van der Waals surface area contributed by atoms with Crippen molar-refractivity contribution in [3.8, 4) is 0 Å². The van der Waals surface area contributed by atoms with Crippen LogP contribution in [-0.2, 0) is 14.3 Å². The fraction of sp³-hybridized carbons (Fsp3) is 0.524. The van der Waals surface area contributed by atoms with Crippen LogP contribution < -0.4 is 10.6 Å². The summed E-state index contributed by atoms with van der Waals surface area (Å²) >= 11 is 0. The monoisotopic (exact) mass is 374 g/mol. The lowest BCUT2D eigenvalue weighted by molar-refractivity contribution is -0.139. The Morgan fingerprint density at radius 1 is 1.15 bits per heavy atom. The highest BCUT2D eigenvalue weighted by Gasteiger charge is 2.17. The van der Waals surface area contributed by atoms with Gasteiger partial charge in [0.1, 0.15) is 0 Å². The van der Waals surface area contributed by atoms with E-state index in [0.29, 0.717) is 6.54 Å². The number of rotatable bonds is 9. The van der Waals surface area contributed by atoms with Gasteiger partial charge in [-0.2, -0.15) is 0 Å². The molecule has 0 bridgehead atoms. The third-order valence-corrected chi connectivity index (χ3v) is 4.63. The zero-order valence-corrected chi connectivity index (χ0v) is 16.0. The number of carbonyl (C=O) groups is 2. The zero-order chi connectivity index (χ0) is 19.5. The van der Waals surface area contributed by atoms with E-state index in [9.17, 15) is 9.59 Å². The van der Waals surface area contributed by atoms with Crippen molar-refractivity contribution in [1.29, 1.82) is 0 Å². The molecule has 1 aromatic rings. The highest BCUT2D eigenvalue weighted by molar-refractivity contribution is 6.35. The SMILES string of the molecule is Cc1ccc([C@H](CNC(=O)C(=O)NCCC2=CCCCC2)OCCO)cc1. The fourth-order valence-electron chi connectivity index (χ4n) is 3.06. The van der Waals surface area contributed by atoms with Crippen molar-refractivity contribution in [2.45, 2.75) is 45.1 Å². The Labute approximate surface area is 161 Å². The van der Waals surface area contributed by atoms with Crippen LogP contribution in [0.2, 0.25) is 0 Å². The smallest absolute Gasteiger partial charge is 0.309 e. The normalized spacial score (nSPS) is 15.0. The molecule has 0 heterocycles. The average Bonchev–Trinajstić information content (AvgIpc) is 2.69. The summed E-state index contributed by atoms with van der Waals surface area (Å²) in [6, 6.07) is 7.75. The topological polar surface area (TPSA) is 87.7 Å². The van der Waals surface area contributed by atoms with Gasteiger partial charge in [0, 0.05) is 13.1 Å². The Morgan fingerprint density at radius 2 is 1.89 bits per heavy atom.